The van der Waals surface area contributed by atoms with Crippen LogP contribution in [0.4, 0.5) is 4.39 Å². The maximum atomic E-state index is 12.8. The number of ketones is 2. The van der Waals surface area contributed by atoms with Gasteiger partial charge in [0.25, 0.3) is 0 Å². The van der Waals surface area contributed by atoms with Crippen LogP contribution in [0, 0.1) is 40.7 Å². The topological polar surface area (TPSA) is 82.9 Å². The highest BCUT2D eigenvalue weighted by Gasteiger charge is 2.61. The van der Waals surface area contributed by atoms with E-state index in [0.29, 0.717) is 18.6 Å². The molecule has 0 heterocycles. The van der Waals surface area contributed by atoms with E-state index >= 15 is 0 Å². The Hall–Kier alpha value is -2.38. The lowest BCUT2D eigenvalue weighted by Crippen LogP contribution is -2.53. The summed E-state index contributed by atoms with van der Waals surface area (Å²) in [4.78, 5) is 27.6. The van der Waals surface area contributed by atoms with Crippen molar-refractivity contribution in [2.75, 3.05) is 0 Å². The highest BCUT2D eigenvalue weighted by molar-refractivity contribution is 6.01. The Morgan fingerprint density at radius 3 is 2.93 bits per heavy atom. The van der Waals surface area contributed by atoms with Crippen molar-refractivity contribution in [1.82, 2.24) is 0 Å². The molecule has 3 fully saturated rings. The van der Waals surface area contributed by atoms with Gasteiger partial charge in [0.2, 0.25) is 0 Å². The van der Waals surface area contributed by atoms with Gasteiger partial charge >= 0.3 is 0 Å². The van der Waals surface area contributed by atoms with Crippen molar-refractivity contribution in [1.29, 1.82) is 0 Å². The van der Waals surface area contributed by atoms with Crippen LogP contribution in [-0.2, 0) is 9.59 Å². The minimum Gasteiger partial charge on any atom is -0.299 e. The molecule has 140 valence electrons. The summed E-state index contributed by atoms with van der Waals surface area (Å²) in [6.07, 6.45) is 10.5. The van der Waals surface area contributed by atoms with Crippen molar-refractivity contribution in [2.45, 2.75) is 51.5 Å². The van der Waals surface area contributed by atoms with E-state index in [-0.39, 0.29) is 35.4 Å². The predicted octanol–water partition coefficient (Wildman–Crippen LogP) is 4.45. The number of allylic oxidation sites excluding steroid dienone is 3. The quantitative estimate of drug-likeness (QED) is 0.312. The average Bonchev–Trinajstić information content (AvgIpc) is 2.96. The smallest absolute Gasteiger partial charge is 0.178 e. The van der Waals surface area contributed by atoms with Crippen LogP contribution in [0.3, 0.4) is 0 Å². The number of carbonyl (C=O) groups excluding carboxylic acids is 2. The number of halogens is 1. The van der Waals surface area contributed by atoms with Crippen molar-refractivity contribution >= 4 is 11.6 Å². The number of hydrogen-bond acceptors (Lipinski definition) is 3. The molecule has 0 bridgehead atoms. The van der Waals surface area contributed by atoms with Crippen LogP contribution in [-0.4, -0.2) is 17.6 Å². The highest BCUT2D eigenvalue weighted by Crippen LogP contribution is 2.64. The fraction of sp³-hybridized carbons (Fsp3) is 0.619. The normalized spacial score (nSPS) is 42.1. The third-order valence-electron chi connectivity index (χ3n) is 7.68. The summed E-state index contributed by atoms with van der Waals surface area (Å²) in [5.41, 5.74) is 8.95. The van der Waals surface area contributed by atoms with Crippen LogP contribution in [0.2, 0.25) is 0 Å². The van der Waals surface area contributed by atoms with Gasteiger partial charge in [-0.25, -0.2) is 0 Å². The molecule has 27 heavy (non-hydrogen) atoms. The molecule has 3 saturated carbocycles. The van der Waals surface area contributed by atoms with Crippen molar-refractivity contribution in [3.8, 4) is 12.1 Å². The first-order valence-corrected chi connectivity index (χ1v) is 9.57. The maximum Gasteiger partial charge on any atom is 0.178 e. The van der Waals surface area contributed by atoms with E-state index < -0.39 is 11.5 Å². The third kappa shape index (κ3) is 2.49. The molecule has 4 aliphatic rings. The van der Waals surface area contributed by atoms with Crippen LogP contribution in [0.1, 0.15) is 45.4 Å². The van der Waals surface area contributed by atoms with Crippen molar-refractivity contribution < 1.29 is 14.0 Å². The van der Waals surface area contributed by atoms with Crippen molar-refractivity contribution in [2.24, 2.45) is 33.7 Å². The van der Waals surface area contributed by atoms with Crippen LogP contribution in [0.5, 0.6) is 0 Å². The number of carbonyl (C=O) groups is 2. The summed E-state index contributed by atoms with van der Waals surface area (Å²) in [5, 5.41) is 4.00. The molecule has 4 aliphatic carbocycles. The van der Waals surface area contributed by atoms with E-state index in [2.05, 4.69) is 22.9 Å². The lowest BCUT2D eigenvalue weighted by atomic mass is 9.46. The average molecular weight is 367 g/mol. The number of hydrogen-bond donors (Lipinski definition) is 0. The van der Waals surface area contributed by atoms with Crippen molar-refractivity contribution in [3.63, 3.8) is 0 Å². The fourth-order valence-corrected chi connectivity index (χ4v) is 6.46. The monoisotopic (exact) mass is 367 g/mol. The first-order chi connectivity index (χ1) is 13.0. The van der Waals surface area contributed by atoms with Crippen LogP contribution < -0.4 is 0 Å². The zero-order valence-corrected chi connectivity index (χ0v) is 15.3. The molecule has 0 unspecified atom stereocenters. The number of nitrogens with zero attached hydrogens (tertiary/aromatic N) is 3. The fourth-order valence-electron chi connectivity index (χ4n) is 6.46. The van der Waals surface area contributed by atoms with Gasteiger partial charge in [0.1, 0.15) is 12.0 Å². The molecule has 6 atom stereocenters. The van der Waals surface area contributed by atoms with Crippen LogP contribution >= 0.6 is 0 Å². The van der Waals surface area contributed by atoms with Crippen LogP contribution in [0.15, 0.2) is 28.9 Å². The van der Waals surface area contributed by atoms with E-state index in [1.165, 1.54) is 12.3 Å². The van der Waals surface area contributed by atoms with E-state index in [9.17, 15) is 14.0 Å². The standard InChI is InChI=1S/C21H22FN3O2/c1-20-8-6-16-14(15(20)3-4-19(20)27)12-18(24-25-23)17-11-13(26)5-9-21(16,17)7-2-10-22/h5,9,11,14-16,18H,3-4,6-8,12H2,1H3/t14-,15-,16-,18-,20-,21+/m0/s1. The Morgan fingerprint density at radius 2 is 2.19 bits per heavy atom. The van der Waals surface area contributed by atoms with Gasteiger partial charge in [-0.05, 0) is 66.7 Å². The highest BCUT2D eigenvalue weighted by atomic mass is 19.1. The summed E-state index contributed by atoms with van der Waals surface area (Å²) >= 11 is 0. The number of azide groups is 1. The second-order valence-corrected chi connectivity index (χ2v) is 8.58. The molecular weight excluding hydrogens is 345 g/mol. The van der Waals surface area contributed by atoms with E-state index in [1.54, 1.807) is 6.08 Å². The maximum absolute atomic E-state index is 12.8. The summed E-state index contributed by atoms with van der Waals surface area (Å²) in [7, 11) is 0. The van der Waals surface area contributed by atoms with Gasteiger partial charge < -0.3 is 0 Å². The summed E-state index contributed by atoms with van der Waals surface area (Å²) in [5.74, 6) is 3.38. The Bertz CT molecular complexity index is 876. The van der Waals surface area contributed by atoms with Gasteiger partial charge in [-0.3, -0.25) is 9.59 Å². The lowest BCUT2D eigenvalue weighted by molar-refractivity contribution is -0.131. The second kappa shape index (κ2) is 6.35. The van der Waals surface area contributed by atoms with E-state index in [4.69, 9.17) is 5.53 Å². The molecule has 5 nitrogen and oxygen atoms in total. The van der Waals surface area contributed by atoms with Gasteiger partial charge in [0.05, 0.1) is 6.04 Å². The van der Waals surface area contributed by atoms with E-state index in [0.717, 1.165) is 24.8 Å². The summed E-state index contributed by atoms with van der Waals surface area (Å²) < 4.78 is 12.8. The molecule has 0 saturated heterocycles. The zero-order valence-electron chi connectivity index (χ0n) is 15.3. The SMILES string of the molecule is C[C@]12CC[C@H]3[C@@H](C[C@H](N=[N+]=[N-])C4=CC(=O)C=C[C@@]43CC#CF)[C@@H]1CCC2=O. The van der Waals surface area contributed by atoms with Crippen molar-refractivity contribution in [3.05, 3.63) is 34.2 Å². The number of fused-ring (bicyclic) bond motifs is 5. The minimum atomic E-state index is -0.595. The lowest BCUT2D eigenvalue weighted by Gasteiger charge is -2.57. The number of rotatable bonds is 2. The van der Waals surface area contributed by atoms with Gasteiger partial charge in [0.15, 0.2) is 5.78 Å². The van der Waals surface area contributed by atoms with Gasteiger partial charge in [-0.1, -0.05) is 24.0 Å². The third-order valence-corrected chi connectivity index (χ3v) is 7.68. The summed E-state index contributed by atoms with van der Waals surface area (Å²) in [6, 6.07) is -0.454. The first kappa shape index (κ1) is 18.0. The second-order valence-electron chi connectivity index (χ2n) is 8.58. The Labute approximate surface area is 157 Å². The molecule has 0 aliphatic heterocycles. The Kier molecular flexibility index (Phi) is 4.24. The molecule has 0 aromatic rings. The Morgan fingerprint density at radius 1 is 1.37 bits per heavy atom. The molecule has 6 heteroatoms. The molecular formula is C21H22FN3O2. The zero-order chi connectivity index (χ0) is 19.2. The summed E-state index contributed by atoms with van der Waals surface area (Å²) in [6.45, 7) is 2.07. The van der Waals surface area contributed by atoms with Gasteiger partial charge in [-0.15, -0.1) is 4.39 Å². The molecule has 4 rings (SSSR count). The number of Topliss-reactive ketones (excluding diaryl/α,β-unsaturated/α-hetero) is 1. The Balaban J connectivity index is 1.85. The molecule has 0 amide bonds. The van der Waals surface area contributed by atoms with Crippen LogP contribution in [0.25, 0.3) is 10.4 Å². The minimum absolute atomic E-state index is 0.137. The predicted molar refractivity (Wildman–Crippen MR) is 97.8 cm³/mol. The van der Waals surface area contributed by atoms with E-state index in [1.807, 2.05) is 6.08 Å². The molecule has 0 aromatic heterocycles. The molecule has 0 spiro atoms. The largest absolute Gasteiger partial charge is 0.299 e. The molecule has 0 radical (unpaired) electrons. The molecule has 0 aromatic carbocycles. The van der Waals surface area contributed by atoms with Gasteiger partial charge in [-0.2, -0.15) is 0 Å². The first-order valence-electron chi connectivity index (χ1n) is 9.57. The molecule has 0 N–H and O–H groups in total. The van der Waals surface area contributed by atoms with Gasteiger partial charge in [0, 0.05) is 28.6 Å².